The smallest absolute Gasteiger partial charge is 0.271 e. The maximum atomic E-state index is 7.45. The van der Waals surface area contributed by atoms with Gasteiger partial charge in [-0.2, -0.15) is 0 Å². The van der Waals surface area contributed by atoms with Gasteiger partial charge in [-0.15, -0.1) is 0 Å². The third-order valence-electron chi connectivity index (χ3n) is 10.3. The Bertz CT molecular complexity index is 1150. The van der Waals surface area contributed by atoms with Gasteiger partial charge in [0.05, 0.1) is 11.4 Å². The number of rotatable bonds is 22. The summed E-state index contributed by atoms with van der Waals surface area (Å²) in [5, 5.41) is 1.15. The Labute approximate surface area is 299 Å². The number of hydrogen-bond acceptors (Lipinski definition) is 0. The highest BCUT2D eigenvalue weighted by Gasteiger charge is 2.29. The molecular weight excluding hydrogens is 615 g/mol. The van der Waals surface area contributed by atoms with Crippen molar-refractivity contribution in [2.24, 2.45) is 0 Å². The molecule has 0 spiro atoms. The number of halogens is 2. The van der Waals surface area contributed by atoms with Crippen LogP contribution in [0.15, 0.2) is 36.4 Å². The molecule has 0 aliphatic rings. The summed E-state index contributed by atoms with van der Waals surface area (Å²) in [5.41, 5.74) is 8.07. The number of imidazole rings is 1. The normalized spacial score (nSPS) is 12.0. The molecule has 0 aliphatic carbocycles. The van der Waals surface area contributed by atoms with Gasteiger partial charge in [-0.3, -0.25) is 9.13 Å². The fraction of sp³-hybridized carbons (Fsp3) is 0.651. The lowest BCUT2D eigenvalue weighted by Gasteiger charge is -2.27. The Balaban J connectivity index is 2.46. The Kier molecular flexibility index (Phi) is 17.4. The van der Waals surface area contributed by atoms with Gasteiger partial charge in [-0.05, 0) is 97.3 Å². The Morgan fingerprint density at radius 3 is 1.13 bits per heavy atom. The Morgan fingerprint density at radius 1 is 0.511 bits per heavy atom. The van der Waals surface area contributed by atoms with Gasteiger partial charge in [0, 0.05) is 0 Å². The fourth-order valence-corrected chi connectivity index (χ4v) is 8.69. The quantitative estimate of drug-likeness (QED) is 0.0737. The molecule has 0 radical (unpaired) electrons. The Morgan fingerprint density at radius 2 is 0.809 bits per heavy atom. The van der Waals surface area contributed by atoms with Gasteiger partial charge in [0.15, 0.2) is 10.3 Å². The van der Waals surface area contributed by atoms with E-state index in [9.17, 15) is 0 Å². The molecule has 1 heterocycles. The lowest BCUT2D eigenvalue weighted by Crippen LogP contribution is -2.35. The van der Waals surface area contributed by atoms with Crippen molar-refractivity contribution >= 4 is 23.2 Å². The topological polar surface area (TPSA) is 8.81 Å². The molecule has 0 aliphatic heterocycles. The largest absolute Gasteiger partial charge is 0.281 e. The minimum absolute atomic E-state index is 0.475. The number of benzene rings is 2. The molecule has 262 valence electrons. The van der Waals surface area contributed by atoms with E-state index >= 15 is 0 Å². The van der Waals surface area contributed by atoms with Crippen molar-refractivity contribution < 1.29 is 4.57 Å². The summed E-state index contributed by atoms with van der Waals surface area (Å²) in [6, 6.07) is 14.0. The van der Waals surface area contributed by atoms with Gasteiger partial charge in [0.1, 0.15) is 0 Å². The van der Waals surface area contributed by atoms with Crippen LogP contribution in [0.1, 0.15) is 204 Å². The maximum absolute atomic E-state index is 7.45. The molecule has 3 aromatic rings. The molecule has 0 unspecified atom stereocenters. The van der Waals surface area contributed by atoms with Crippen molar-refractivity contribution in [3.63, 3.8) is 0 Å². The lowest BCUT2D eigenvalue weighted by atomic mass is 9.83. The second kappa shape index (κ2) is 20.7. The average Bonchev–Trinajstić information content (AvgIpc) is 3.36. The van der Waals surface area contributed by atoms with Crippen molar-refractivity contribution in [3.8, 4) is 11.4 Å². The van der Waals surface area contributed by atoms with Crippen molar-refractivity contribution in [2.45, 2.75) is 182 Å². The zero-order valence-corrected chi connectivity index (χ0v) is 32.7. The van der Waals surface area contributed by atoms with Crippen LogP contribution >= 0.6 is 23.2 Å². The van der Waals surface area contributed by atoms with Crippen LogP contribution in [-0.4, -0.2) is 4.57 Å². The molecule has 0 saturated carbocycles. The number of para-hydroxylation sites is 2. The molecular formula is C43H66Cl2N2. The second-order valence-electron chi connectivity index (χ2n) is 14.0. The highest BCUT2D eigenvalue weighted by molar-refractivity contribution is 6.40. The highest BCUT2D eigenvalue weighted by Crippen LogP contribution is 2.42. The van der Waals surface area contributed by atoms with E-state index in [-0.39, 0.29) is 0 Å². The van der Waals surface area contributed by atoms with Crippen molar-refractivity contribution in [3.05, 3.63) is 75.3 Å². The molecule has 0 fully saturated rings. The van der Waals surface area contributed by atoms with Crippen LogP contribution in [0.25, 0.3) is 11.4 Å². The third kappa shape index (κ3) is 9.69. The van der Waals surface area contributed by atoms with Gasteiger partial charge in [-0.25, -0.2) is 0 Å². The van der Waals surface area contributed by atoms with Gasteiger partial charge in [0.25, 0.3) is 6.33 Å². The average molecular weight is 682 g/mol. The monoisotopic (exact) mass is 680 g/mol. The Hall–Kier alpha value is -1.77. The van der Waals surface area contributed by atoms with E-state index in [1.807, 2.05) is 0 Å². The molecule has 2 aromatic carbocycles. The molecule has 1 aromatic heterocycles. The summed E-state index contributed by atoms with van der Waals surface area (Å²) in [4.78, 5) is 0. The molecule has 0 bridgehead atoms. The zero-order chi connectivity index (χ0) is 34.3. The zero-order valence-electron chi connectivity index (χ0n) is 31.2. The minimum Gasteiger partial charge on any atom is -0.281 e. The van der Waals surface area contributed by atoms with E-state index in [1.54, 1.807) is 0 Å². The predicted molar refractivity (Wildman–Crippen MR) is 206 cm³/mol. The standard InChI is InChI=1S/C43H66Cl2N2/c1-9-19-32(20-10-2)36-27-17-28-37(33(21-11-3)22-12-4)40(36)46-31-47(43(45)42(46)44)41-38(34(23-13-5)24-14-6)29-18-30-39(41)35(25-15-7)26-16-8/h17-18,27-30,32-35H,9-16,19-26H2,1-8H3. The minimum atomic E-state index is 0.475. The predicted octanol–water partition coefficient (Wildman–Crippen LogP) is 14.6. The second-order valence-corrected chi connectivity index (χ2v) is 14.7. The number of hydrogen-bond donors (Lipinski definition) is 0. The maximum Gasteiger partial charge on any atom is 0.271 e. The van der Waals surface area contributed by atoms with Gasteiger partial charge >= 0.3 is 0 Å². The molecule has 0 N–H and O–H groups in total. The molecule has 4 heteroatoms. The van der Waals surface area contributed by atoms with Crippen LogP contribution in [0.4, 0.5) is 0 Å². The number of nitrogens with zero attached hydrogens (tertiary/aromatic N) is 2. The first-order chi connectivity index (χ1) is 22.9. The highest BCUT2D eigenvalue weighted by atomic mass is 35.5. The first-order valence-electron chi connectivity index (χ1n) is 19.5. The summed E-state index contributed by atoms with van der Waals surface area (Å²) in [6.07, 6.45) is 22.5. The number of aromatic nitrogens is 2. The summed E-state index contributed by atoms with van der Waals surface area (Å²) < 4.78 is 4.32. The van der Waals surface area contributed by atoms with E-state index in [0.29, 0.717) is 34.0 Å². The molecule has 47 heavy (non-hydrogen) atoms. The first-order valence-corrected chi connectivity index (χ1v) is 20.3. The van der Waals surface area contributed by atoms with Crippen LogP contribution in [0.2, 0.25) is 10.3 Å². The third-order valence-corrected chi connectivity index (χ3v) is 11.1. The van der Waals surface area contributed by atoms with Crippen molar-refractivity contribution in [1.82, 2.24) is 4.57 Å². The first kappa shape index (κ1) is 39.7. The summed E-state index contributed by atoms with van der Waals surface area (Å²) in [7, 11) is 0. The van der Waals surface area contributed by atoms with E-state index in [4.69, 9.17) is 23.2 Å². The van der Waals surface area contributed by atoms with Gasteiger partial charge in [0.2, 0.25) is 0 Å². The fourth-order valence-electron chi connectivity index (χ4n) is 8.27. The lowest BCUT2D eigenvalue weighted by molar-refractivity contribution is -0.598. The van der Waals surface area contributed by atoms with Crippen molar-refractivity contribution in [1.29, 1.82) is 0 Å². The van der Waals surface area contributed by atoms with Crippen LogP contribution in [0.3, 0.4) is 0 Å². The molecule has 2 nitrogen and oxygen atoms in total. The van der Waals surface area contributed by atoms with Gasteiger partial charge < -0.3 is 0 Å². The van der Waals surface area contributed by atoms with Crippen LogP contribution in [0.5, 0.6) is 0 Å². The van der Waals surface area contributed by atoms with Crippen LogP contribution in [-0.2, 0) is 0 Å². The molecule has 0 saturated heterocycles. The van der Waals surface area contributed by atoms with E-state index in [0.717, 1.165) is 51.4 Å². The molecule has 0 amide bonds. The van der Waals surface area contributed by atoms with Gasteiger partial charge in [-0.1, -0.05) is 166 Å². The summed E-state index contributed by atoms with van der Waals surface area (Å²) >= 11 is 14.9. The van der Waals surface area contributed by atoms with E-state index < -0.39 is 0 Å². The van der Waals surface area contributed by atoms with E-state index in [1.165, 1.54) is 85.0 Å². The molecule has 3 rings (SSSR count). The summed E-state index contributed by atoms with van der Waals surface area (Å²) in [5.74, 6) is 1.90. The molecule has 0 atom stereocenters. The van der Waals surface area contributed by atoms with Crippen LogP contribution in [0, 0.1) is 6.33 Å². The van der Waals surface area contributed by atoms with Crippen molar-refractivity contribution in [2.75, 3.05) is 0 Å². The SMILES string of the molecule is CCCC(CCC)c1cccc(C(CCC)CCC)c1-n1[c-][n+](-c2c(C(CCC)CCC)cccc2C(CCC)CCC)c(Cl)c1Cl. The van der Waals surface area contributed by atoms with Crippen LogP contribution < -0.4 is 4.57 Å². The summed E-state index contributed by atoms with van der Waals surface area (Å²) in [6.45, 7) is 18.5. The van der Waals surface area contributed by atoms with E-state index in [2.05, 4.69) is 107 Å².